The van der Waals surface area contributed by atoms with E-state index < -0.39 is 7.37 Å². The molecule has 0 N–H and O–H groups in total. The normalized spacial score (nSPS) is 14.2. The third-order valence-corrected chi connectivity index (χ3v) is 5.64. The maximum atomic E-state index is 13.1. The molecule has 0 aromatic heterocycles. The molecule has 0 bridgehead atoms. The van der Waals surface area contributed by atoms with Crippen molar-refractivity contribution in [3.63, 3.8) is 0 Å². The highest BCUT2D eigenvalue weighted by molar-refractivity contribution is 7.68. The van der Waals surface area contributed by atoms with Gasteiger partial charge in [-0.3, -0.25) is 4.57 Å². The van der Waals surface area contributed by atoms with Crippen LogP contribution in [0.5, 0.6) is 5.75 Å². The lowest BCUT2D eigenvalue weighted by molar-refractivity contribution is 0.484. The molecule has 0 aliphatic carbocycles. The molecular weight excluding hydrogens is 243 g/mol. The molecule has 0 radical (unpaired) electrons. The molecule has 0 saturated heterocycles. The third-order valence-electron chi connectivity index (χ3n) is 2.78. The molecule has 3 heteroatoms. The van der Waals surface area contributed by atoms with Gasteiger partial charge in [-0.2, -0.15) is 0 Å². The molecule has 0 saturated carbocycles. The van der Waals surface area contributed by atoms with Crippen LogP contribution in [-0.2, 0) is 4.57 Å². The Balaban J connectivity index is 2.37. The summed E-state index contributed by atoms with van der Waals surface area (Å²) in [5.41, 5.74) is -0.0555. The number of para-hydroxylation sites is 1. The summed E-state index contributed by atoms with van der Waals surface area (Å²) < 4.78 is 18.9. The van der Waals surface area contributed by atoms with E-state index in [1.165, 1.54) is 0 Å². The van der Waals surface area contributed by atoms with Crippen LogP contribution in [0.3, 0.4) is 0 Å². The molecule has 0 amide bonds. The average Bonchev–Trinajstić information content (AvgIpc) is 2.40. The van der Waals surface area contributed by atoms with Crippen molar-refractivity contribution in [2.24, 2.45) is 0 Å². The fraction of sp³-hybridized carbons (Fsp3) is 0.200. The Kier molecular flexibility index (Phi) is 3.88. The van der Waals surface area contributed by atoms with Crippen LogP contribution < -0.4 is 9.83 Å². The second kappa shape index (κ2) is 5.41. The highest BCUT2D eigenvalue weighted by Crippen LogP contribution is 2.50. The van der Waals surface area contributed by atoms with Gasteiger partial charge in [-0.05, 0) is 24.3 Å². The van der Waals surface area contributed by atoms with Crippen molar-refractivity contribution in [1.29, 1.82) is 0 Å². The van der Waals surface area contributed by atoms with Crippen LogP contribution in [0.15, 0.2) is 60.7 Å². The minimum atomic E-state index is -2.87. The number of rotatable bonds is 4. The van der Waals surface area contributed by atoms with Gasteiger partial charge < -0.3 is 4.52 Å². The highest BCUT2D eigenvalue weighted by atomic mass is 31.2. The fourth-order valence-corrected chi connectivity index (χ4v) is 3.67. The Hall–Kier alpha value is -1.53. The fourth-order valence-electron chi connectivity index (χ4n) is 1.73. The van der Waals surface area contributed by atoms with Gasteiger partial charge in [0.25, 0.3) is 7.37 Å². The van der Waals surface area contributed by atoms with E-state index in [0.29, 0.717) is 5.75 Å². The van der Waals surface area contributed by atoms with Gasteiger partial charge in [0.2, 0.25) is 0 Å². The zero-order chi connectivity index (χ0) is 13.0. The SMILES string of the molecule is CC(C)P(=O)(Oc1ccccc1)c1ccccc1. The first kappa shape index (κ1) is 12.9. The molecule has 1 atom stereocenters. The molecule has 0 spiro atoms. The first-order chi connectivity index (χ1) is 8.63. The summed E-state index contributed by atoms with van der Waals surface area (Å²) in [7, 11) is -2.87. The van der Waals surface area contributed by atoms with Gasteiger partial charge in [-0.25, -0.2) is 0 Å². The van der Waals surface area contributed by atoms with E-state index in [1.807, 2.05) is 74.5 Å². The van der Waals surface area contributed by atoms with Gasteiger partial charge in [0.15, 0.2) is 0 Å². The molecular formula is C15H17O2P. The van der Waals surface area contributed by atoms with Crippen molar-refractivity contribution in [1.82, 2.24) is 0 Å². The zero-order valence-corrected chi connectivity index (χ0v) is 11.5. The Labute approximate surface area is 108 Å². The Morgan fingerprint density at radius 3 is 1.89 bits per heavy atom. The van der Waals surface area contributed by atoms with E-state index in [0.717, 1.165) is 5.30 Å². The lowest BCUT2D eigenvalue weighted by atomic mass is 10.3. The predicted molar refractivity (Wildman–Crippen MR) is 75.9 cm³/mol. The van der Waals surface area contributed by atoms with Gasteiger partial charge in [0.1, 0.15) is 5.75 Å². The third kappa shape index (κ3) is 2.65. The molecule has 0 heterocycles. The first-order valence-electron chi connectivity index (χ1n) is 6.03. The minimum Gasteiger partial charge on any atom is -0.440 e. The van der Waals surface area contributed by atoms with Gasteiger partial charge in [-0.15, -0.1) is 0 Å². The minimum absolute atomic E-state index is 0.0555. The summed E-state index contributed by atoms with van der Waals surface area (Å²) in [5, 5.41) is 0.767. The van der Waals surface area contributed by atoms with Crippen molar-refractivity contribution in [3.05, 3.63) is 60.7 Å². The number of hydrogen-bond acceptors (Lipinski definition) is 2. The largest absolute Gasteiger partial charge is 0.440 e. The molecule has 2 aromatic carbocycles. The second-order valence-electron chi connectivity index (χ2n) is 4.43. The summed E-state index contributed by atoms with van der Waals surface area (Å²) >= 11 is 0. The molecule has 0 aliphatic heterocycles. The molecule has 0 aliphatic rings. The van der Waals surface area contributed by atoms with Crippen LogP contribution in [0.2, 0.25) is 0 Å². The van der Waals surface area contributed by atoms with Gasteiger partial charge >= 0.3 is 0 Å². The van der Waals surface area contributed by atoms with Gasteiger partial charge in [0.05, 0.1) is 0 Å². The summed E-state index contributed by atoms with van der Waals surface area (Å²) in [4.78, 5) is 0. The van der Waals surface area contributed by atoms with Crippen molar-refractivity contribution in [2.45, 2.75) is 19.5 Å². The van der Waals surface area contributed by atoms with Gasteiger partial charge in [0, 0.05) is 11.0 Å². The summed E-state index contributed by atoms with van der Waals surface area (Å²) in [5.74, 6) is 0.651. The van der Waals surface area contributed by atoms with Crippen molar-refractivity contribution in [2.75, 3.05) is 0 Å². The van der Waals surface area contributed by atoms with Crippen LogP contribution in [0.4, 0.5) is 0 Å². The number of benzene rings is 2. The van der Waals surface area contributed by atoms with Crippen LogP contribution in [-0.4, -0.2) is 5.66 Å². The average molecular weight is 260 g/mol. The summed E-state index contributed by atoms with van der Waals surface area (Å²) in [6.45, 7) is 3.85. The molecule has 2 rings (SSSR count). The molecule has 0 fully saturated rings. The summed E-state index contributed by atoms with van der Waals surface area (Å²) in [6, 6.07) is 18.8. The van der Waals surface area contributed by atoms with Gasteiger partial charge in [-0.1, -0.05) is 50.2 Å². The lowest BCUT2D eigenvalue weighted by Gasteiger charge is -2.23. The van der Waals surface area contributed by atoms with Crippen LogP contribution in [0.1, 0.15) is 13.8 Å². The molecule has 2 aromatic rings. The van der Waals surface area contributed by atoms with Crippen LogP contribution >= 0.6 is 7.37 Å². The summed E-state index contributed by atoms with van der Waals surface area (Å²) in [6.07, 6.45) is 0. The molecule has 94 valence electrons. The standard InChI is InChI=1S/C15H17O2P/c1-13(2)18(16,15-11-7-4-8-12-15)17-14-9-5-3-6-10-14/h3-13H,1-2H3. The smallest absolute Gasteiger partial charge is 0.279 e. The number of hydrogen-bond donors (Lipinski definition) is 0. The molecule has 2 nitrogen and oxygen atoms in total. The van der Waals surface area contributed by atoms with Crippen LogP contribution in [0, 0.1) is 0 Å². The van der Waals surface area contributed by atoms with E-state index in [4.69, 9.17) is 4.52 Å². The Morgan fingerprint density at radius 1 is 0.889 bits per heavy atom. The van der Waals surface area contributed by atoms with E-state index >= 15 is 0 Å². The predicted octanol–water partition coefficient (Wildman–Crippen LogP) is 4.08. The lowest BCUT2D eigenvalue weighted by Crippen LogP contribution is -2.16. The maximum absolute atomic E-state index is 13.1. The van der Waals surface area contributed by atoms with Crippen molar-refractivity contribution >= 4 is 12.7 Å². The van der Waals surface area contributed by atoms with E-state index in [2.05, 4.69) is 0 Å². The Morgan fingerprint density at radius 2 is 1.39 bits per heavy atom. The zero-order valence-electron chi connectivity index (χ0n) is 10.6. The first-order valence-corrected chi connectivity index (χ1v) is 7.72. The van der Waals surface area contributed by atoms with Crippen LogP contribution in [0.25, 0.3) is 0 Å². The van der Waals surface area contributed by atoms with E-state index in [9.17, 15) is 4.57 Å². The van der Waals surface area contributed by atoms with E-state index in [1.54, 1.807) is 0 Å². The molecule has 18 heavy (non-hydrogen) atoms. The topological polar surface area (TPSA) is 26.3 Å². The second-order valence-corrected chi connectivity index (χ2v) is 7.36. The van der Waals surface area contributed by atoms with Crippen molar-refractivity contribution in [3.8, 4) is 5.75 Å². The monoisotopic (exact) mass is 260 g/mol. The Bertz CT molecular complexity index is 535. The quantitative estimate of drug-likeness (QED) is 0.774. The highest BCUT2D eigenvalue weighted by Gasteiger charge is 2.31. The van der Waals surface area contributed by atoms with Crippen molar-refractivity contribution < 1.29 is 9.09 Å². The van der Waals surface area contributed by atoms with E-state index in [-0.39, 0.29) is 5.66 Å². The maximum Gasteiger partial charge on any atom is 0.279 e. The molecule has 1 unspecified atom stereocenters.